The second-order valence-electron chi connectivity index (χ2n) is 5.09. The number of H-pyrrole nitrogens is 1. The monoisotopic (exact) mass is 345 g/mol. The van der Waals surface area contributed by atoms with Crippen LogP contribution in [-0.2, 0) is 15.6 Å². The minimum absolute atomic E-state index is 0.335. The van der Waals surface area contributed by atoms with Crippen molar-refractivity contribution in [2.45, 2.75) is 15.7 Å². The van der Waals surface area contributed by atoms with Crippen LogP contribution in [-0.4, -0.2) is 30.1 Å². The van der Waals surface area contributed by atoms with Gasteiger partial charge in [0.2, 0.25) is 0 Å². The molecule has 7 heteroatoms. The van der Waals surface area contributed by atoms with Crippen LogP contribution in [0.15, 0.2) is 64.6 Å². The summed E-state index contributed by atoms with van der Waals surface area (Å²) in [5, 5.41) is 11.2. The van der Waals surface area contributed by atoms with Crippen LogP contribution in [0.5, 0.6) is 0 Å². The predicted octanol–water partition coefficient (Wildman–Crippen LogP) is 3.17. The molecule has 1 heterocycles. The predicted molar refractivity (Wildman–Crippen MR) is 90.9 cm³/mol. The van der Waals surface area contributed by atoms with Crippen molar-refractivity contribution in [3.8, 4) is 11.1 Å². The first-order valence-electron chi connectivity index (χ1n) is 6.90. The third kappa shape index (κ3) is 4.00. The molecule has 23 heavy (non-hydrogen) atoms. The highest BCUT2D eigenvalue weighted by molar-refractivity contribution is 7.98. The first kappa shape index (κ1) is 15.8. The standard InChI is InChI=1S/C16H15N3O2S2/c1-23(20,21)15-8-6-14(7-9-15)13-4-2-12(3-5-13)11-22-16-10-17-19-18-16/h2-10H,11H2,1H3,(H,17,18,19). The number of thioether (sulfide) groups is 1. The van der Waals surface area contributed by atoms with E-state index in [1.54, 1.807) is 30.1 Å². The van der Waals surface area contributed by atoms with Crippen molar-refractivity contribution in [2.24, 2.45) is 0 Å². The van der Waals surface area contributed by atoms with Crippen LogP contribution < -0.4 is 0 Å². The zero-order valence-electron chi connectivity index (χ0n) is 12.4. The minimum atomic E-state index is -3.15. The maximum absolute atomic E-state index is 11.5. The average molecular weight is 345 g/mol. The molecule has 118 valence electrons. The summed E-state index contributed by atoms with van der Waals surface area (Å²) >= 11 is 1.61. The molecule has 0 aliphatic heterocycles. The molecule has 0 bridgehead atoms. The van der Waals surface area contributed by atoms with Crippen LogP contribution in [0, 0.1) is 0 Å². The van der Waals surface area contributed by atoms with Gasteiger partial charge in [0, 0.05) is 12.0 Å². The van der Waals surface area contributed by atoms with Crippen LogP contribution in [0.2, 0.25) is 0 Å². The van der Waals surface area contributed by atoms with E-state index in [-0.39, 0.29) is 0 Å². The first-order valence-corrected chi connectivity index (χ1v) is 9.78. The molecular weight excluding hydrogens is 330 g/mol. The molecule has 0 saturated heterocycles. The van der Waals surface area contributed by atoms with Gasteiger partial charge < -0.3 is 0 Å². The van der Waals surface area contributed by atoms with Gasteiger partial charge in [-0.2, -0.15) is 10.3 Å². The maximum Gasteiger partial charge on any atom is 0.175 e. The van der Waals surface area contributed by atoms with E-state index in [4.69, 9.17) is 0 Å². The van der Waals surface area contributed by atoms with E-state index in [1.165, 1.54) is 11.8 Å². The molecular formula is C16H15N3O2S2. The highest BCUT2D eigenvalue weighted by atomic mass is 32.2. The molecule has 0 aliphatic carbocycles. The highest BCUT2D eigenvalue weighted by Crippen LogP contribution is 2.24. The summed E-state index contributed by atoms with van der Waals surface area (Å²) in [5.41, 5.74) is 3.24. The van der Waals surface area contributed by atoms with Gasteiger partial charge in [0.1, 0.15) is 5.03 Å². The normalized spacial score (nSPS) is 11.5. The summed E-state index contributed by atoms with van der Waals surface area (Å²) in [6, 6.07) is 15.1. The number of rotatable bonds is 5. The van der Waals surface area contributed by atoms with Crippen molar-refractivity contribution in [1.82, 2.24) is 15.4 Å². The summed E-state index contributed by atoms with van der Waals surface area (Å²) in [4.78, 5) is 0.335. The molecule has 0 fully saturated rings. The van der Waals surface area contributed by atoms with Crippen molar-refractivity contribution >= 4 is 21.6 Å². The lowest BCUT2D eigenvalue weighted by Gasteiger charge is -2.05. The van der Waals surface area contributed by atoms with Crippen LogP contribution in [0.3, 0.4) is 0 Å². The van der Waals surface area contributed by atoms with E-state index in [0.29, 0.717) is 4.90 Å². The Hall–Kier alpha value is -2.12. The molecule has 3 aromatic rings. The third-order valence-corrected chi connectivity index (χ3v) is 5.45. The largest absolute Gasteiger partial charge is 0.224 e. The minimum Gasteiger partial charge on any atom is -0.224 e. The summed E-state index contributed by atoms with van der Waals surface area (Å²) in [6.07, 6.45) is 2.91. The number of aromatic nitrogens is 3. The lowest BCUT2D eigenvalue weighted by molar-refractivity contribution is 0.602. The van der Waals surface area contributed by atoms with E-state index in [0.717, 1.165) is 21.9 Å². The van der Waals surface area contributed by atoms with Gasteiger partial charge in [-0.15, -0.1) is 5.10 Å². The lowest BCUT2D eigenvalue weighted by Crippen LogP contribution is -1.96. The van der Waals surface area contributed by atoms with Gasteiger partial charge in [-0.3, -0.25) is 0 Å². The number of nitrogens with one attached hydrogen (secondary N) is 1. The van der Waals surface area contributed by atoms with Crippen molar-refractivity contribution in [3.05, 3.63) is 60.3 Å². The Morgan fingerprint density at radius 2 is 1.61 bits per heavy atom. The van der Waals surface area contributed by atoms with Crippen LogP contribution in [0.1, 0.15) is 5.56 Å². The van der Waals surface area contributed by atoms with E-state index < -0.39 is 9.84 Å². The molecule has 0 amide bonds. The lowest BCUT2D eigenvalue weighted by atomic mass is 10.0. The highest BCUT2D eigenvalue weighted by Gasteiger charge is 2.07. The maximum atomic E-state index is 11.5. The topological polar surface area (TPSA) is 75.7 Å². The quantitative estimate of drug-likeness (QED) is 0.719. The van der Waals surface area contributed by atoms with E-state index in [2.05, 4.69) is 27.5 Å². The number of aromatic amines is 1. The fourth-order valence-corrected chi connectivity index (χ4v) is 3.48. The third-order valence-electron chi connectivity index (χ3n) is 3.35. The second-order valence-corrected chi connectivity index (χ2v) is 8.10. The van der Waals surface area contributed by atoms with Crippen molar-refractivity contribution in [2.75, 3.05) is 6.26 Å². The molecule has 1 aromatic heterocycles. The molecule has 3 rings (SSSR count). The van der Waals surface area contributed by atoms with Crippen molar-refractivity contribution in [1.29, 1.82) is 0 Å². The molecule has 0 radical (unpaired) electrons. The zero-order chi connectivity index (χ0) is 16.3. The fourth-order valence-electron chi connectivity index (χ4n) is 2.11. The molecule has 2 aromatic carbocycles. The Bertz CT molecular complexity index is 872. The smallest absolute Gasteiger partial charge is 0.175 e. The summed E-state index contributed by atoms with van der Waals surface area (Å²) in [6.45, 7) is 0. The number of hydrogen-bond acceptors (Lipinski definition) is 5. The summed E-state index contributed by atoms with van der Waals surface area (Å²) in [7, 11) is -3.15. The van der Waals surface area contributed by atoms with E-state index >= 15 is 0 Å². The number of benzene rings is 2. The molecule has 5 nitrogen and oxygen atoms in total. The Kier molecular flexibility index (Phi) is 4.49. The summed E-state index contributed by atoms with van der Waals surface area (Å²) < 4.78 is 23.0. The van der Waals surface area contributed by atoms with Gasteiger partial charge in [0.05, 0.1) is 11.1 Å². The Labute approximate surface area is 139 Å². The van der Waals surface area contributed by atoms with Gasteiger partial charge in [0.25, 0.3) is 0 Å². The van der Waals surface area contributed by atoms with Gasteiger partial charge in [0.15, 0.2) is 9.84 Å². The van der Waals surface area contributed by atoms with E-state index in [1.807, 2.05) is 24.3 Å². The number of nitrogens with zero attached hydrogens (tertiary/aromatic N) is 2. The van der Waals surface area contributed by atoms with Crippen LogP contribution >= 0.6 is 11.8 Å². The summed E-state index contributed by atoms with van der Waals surface area (Å²) in [5.74, 6) is 0.819. The number of hydrogen-bond donors (Lipinski definition) is 1. The van der Waals surface area contributed by atoms with Gasteiger partial charge in [-0.1, -0.05) is 48.2 Å². The Balaban J connectivity index is 1.71. The van der Waals surface area contributed by atoms with Crippen LogP contribution in [0.4, 0.5) is 0 Å². The zero-order valence-corrected chi connectivity index (χ0v) is 14.1. The Morgan fingerprint density at radius 1 is 1.00 bits per heavy atom. The molecule has 1 N–H and O–H groups in total. The second kappa shape index (κ2) is 6.55. The molecule has 0 atom stereocenters. The molecule has 0 spiro atoms. The average Bonchev–Trinajstić information content (AvgIpc) is 3.06. The number of sulfone groups is 1. The Morgan fingerprint density at radius 3 is 2.13 bits per heavy atom. The fraction of sp³-hybridized carbons (Fsp3) is 0.125. The van der Waals surface area contributed by atoms with Gasteiger partial charge >= 0.3 is 0 Å². The molecule has 0 aliphatic rings. The van der Waals surface area contributed by atoms with Crippen LogP contribution in [0.25, 0.3) is 11.1 Å². The van der Waals surface area contributed by atoms with Gasteiger partial charge in [-0.05, 0) is 28.8 Å². The SMILES string of the molecule is CS(=O)(=O)c1ccc(-c2ccc(CSc3cn[nH]n3)cc2)cc1. The van der Waals surface area contributed by atoms with Crippen molar-refractivity contribution < 1.29 is 8.42 Å². The van der Waals surface area contributed by atoms with Gasteiger partial charge in [-0.25, -0.2) is 8.42 Å². The molecule has 0 unspecified atom stereocenters. The van der Waals surface area contributed by atoms with Crippen molar-refractivity contribution in [3.63, 3.8) is 0 Å². The first-order chi connectivity index (χ1) is 11.0. The molecule has 0 saturated carbocycles. The van der Waals surface area contributed by atoms with E-state index in [9.17, 15) is 8.42 Å².